The highest BCUT2D eigenvalue weighted by atomic mass is 32.2. The first-order valence-corrected chi connectivity index (χ1v) is 9.72. The first-order chi connectivity index (χ1) is 11.7. The van der Waals surface area contributed by atoms with E-state index < -0.39 is 10.0 Å². The maximum atomic E-state index is 12.3. The quantitative estimate of drug-likeness (QED) is 0.826. The fraction of sp³-hybridized carbons (Fsp3) is 0.316. The van der Waals surface area contributed by atoms with Crippen LogP contribution in [0.5, 0.6) is 0 Å². The Morgan fingerprint density at radius 2 is 1.68 bits per heavy atom. The number of nitrogens with one attached hydrogen (secondary N) is 2. The van der Waals surface area contributed by atoms with Crippen molar-refractivity contribution in [3.8, 4) is 0 Å². The molecular weight excluding hydrogens is 336 g/mol. The lowest BCUT2D eigenvalue weighted by atomic mass is 10.1. The molecule has 0 aliphatic carbocycles. The molecule has 5 nitrogen and oxygen atoms in total. The molecular formula is C19H24N2O3S. The highest BCUT2D eigenvalue weighted by molar-refractivity contribution is 7.89. The summed E-state index contributed by atoms with van der Waals surface area (Å²) in [6.07, 6.45) is 0.704. The van der Waals surface area contributed by atoms with Crippen LogP contribution in [0.4, 0.5) is 5.69 Å². The lowest BCUT2D eigenvalue weighted by Crippen LogP contribution is -2.32. The van der Waals surface area contributed by atoms with Crippen molar-refractivity contribution in [2.24, 2.45) is 0 Å². The SMILES string of the molecule is CC[C@H](C)NS(=O)(=O)c1ccc(C(=O)Nc2ccc(C)c(C)c2)cc1. The van der Waals surface area contributed by atoms with Crippen LogP contribution in [0.25, 0.3) is 0 Å². The predicted molar refractivity (Wildman–Crippen MR) is 100 cm³/mol. The molecule has 6 heteroatoms. The van der Waals surface area contributed by atoms with Gasteiger partial charge in [-0.1, -0.05) is 13.0 Å². The molecule has 134 valence electrons. The van der Waals surface area contributed by atoms with Gasteiger partial charge in [0.25, 0.3) is 5.91 Å². The zero-order valence-corrected chi connectivity index (χ0v) is 15.8. The summed E-state index contributed by atoms with van der Waals surface area (Å²) < 4.78 is 27.1. The van der Waals surface area contributed by atoms with E-state index in [-0.39, 0.29) is 16.8 Å². The van der Waals surface area contributed by atoms with Crippen LogP contribution in [0.1, 0.15) is 41.8 Å². The molecule has 0 aromatic heterocycles. The molecule has 0 aliphatic heterocycles. The first kappa shape index (κ1) is 19.1. The van der Waals surface area contributed by atoms with Crippen molar-refractivity contribution in [3.05, 3.63) is 59.2 Å². The van der Waals surface area contributed by atoms with E-state index in [4.69, 9.17) is 0 Å². The smallest absolute Gasteiger partial charge is 0.255 e. The number of anilines is 1. The average Bonchev–Trinajstić information content (AvgIpc) is 2.57. The molecule has 2 aromatic carbocycles. The fourth-order valence-corrected chi connectivity index (χ4v) is 3.55. The third kappa shape index (κ3) is 4.90. The standard InChI is InChI=1S/C19H24N2O3S/c1-5-15(4)21-25(23,24)18-10-7-16(8-11-18)19(22)20-17-9-6-13(2)14(3)12-17/h6-12,15,21H,5H2,1-4H3,(H,20,22)/t15-/m0/s1. The third-order valence-corrected chi connectivity index (χ3v) is 5.77. The number of aryl methyl sites for hydroxylation is 2. The number of carbonyl (C=O) groups is 1. The molecule has 0 radical (unpaired) electrons. The monoisotopic (exact) mass is 360 g/mol. The number of carbonyl (C=O) groups excluding carboxylic acids is 1. The van der Waals surface area contributed by atoms with Gasteiger partial charge in [0.05, 0.1) is 4.90 Å². The summed E-state index contributed by atoms with van der Waals surface area (Å²) in [6.45, 7) is 7.71. The molecule has 0 heterocycles. The molecule has 0 fully saturated rings. The van der Waals surface area contributed by atoms with Gasteiger partial charge in [-0.15, -0.1) is 0 Å². The second kappa shape index (κ2) is 7.80. The van der Waals surface area contributed by atoms with Crippen LogP contribution in [-0.4, -0.2) is 20.4 Å². The Morgan fingerprint density at radius 1 is 1.04 bits per heavy atom. The van der Waals surface area contributed by atoms with Gasteiger partial charge in [-0.3, -0.25) is 4.79 Å². The zero-order valence-electron chi connectivity index (χ0n) is 15.0. The van der Waals surface area contributed by atoms with Crippen molar-refractivity contribution >= 4 is 21.6 Å². The molecule has 0 saturated heterocycles. The van der Waals surface area contributed by atoms with Gasteiger partial charge < -0.3 is 5.32 Å². The van der Waals surface area contributed by atoms with Crippen molar-refractivity contribution in [3.63, 3.8) is 0 Å². The highest BCUT2D eigenvalue weighted by Gasteiger charge is 2.17. The van der Waals surface area contributed by atoms with Crippen LogP contribution >= 0.6 is 0 Å². The van der Waals surface area contributed by atoms with E-state index >= 15 is 0 Å². The lowest BCUT2D eigenvalue weighted by molar-refractivity contribution is 0.102. The van der Waals surface area contributed by atoms with Gasteiger partial charge in [0.2, 0.25) is 10.0 Å². The van der Waals surface area contributed by atoms with Crippen molar-refractivity contribution in [1.82, 2.24) is 4.72 Å². The van der Waals surface area contributed by atoms with Crippen LogP contribution in [0.2, 0.25) is 0 Å². The largest absolute Gasteiger partial charge is 0.322 e. The normalized spacial score (nSPS) is 12.6. The Hall–Kier alpha value is -2.18. The second-order valence-corrected chi connectivity index (χ2v) is 7.92. The van der Waals surface area contributed by atoms with Gasteiger partial charge in [0, 0.05) is 17.3 Å². The van der Waals surface area contributed by atoms with Crippen LogP contribution in [0, 0.1) is 13.8 Å². The summed E-state index contributed by atoms with van der Waals surface area (Å²) >= 11 is 0. The second-order valence-electron chi connectivity index (χ2n) is 6.21. The predicted octanol–water partition coefficient (Wildman–Crippen LogP) is 3.63. The van der Waals surface area contributed by atoms with E-state index in [1.807, 2.05) is 45.9 Å². The maximum Gasteiger partial charge on any atom is 0.255 e. The van der Waals surface area contributed by atoms with Gasteiger partial charge in [-0.2, -0.15) is 0 Å². The molecule has 0 bridgehead atoms. The average molecular weight is 360 g/mol. The van der Waals surface area contributed by atoms with Gasteiger partial charge in [0.15, 0.2) is 0 Å². The van der Waals surface area contributed by atoms with Crippen molar-refractivity contribution in [2.75, 3.05) is 5.32 Å². The van der Waals surface area contributed by atoms with E-state index in [1.54, 1.807) is 0 Å². The third-order valence-electron chi connectivity index (χ3n) is 4.16. The van der Waals surface area contributed by atoms with Crippen molar-refractivity contribution in [1.29, 1.82) is 0 Å². The van der Waals surface area contributed by atoms with E-state index in [2.05, 4.69) is 10.0 Å². The van der Waals surface area contributed by atoms with Crippen LogP contribution in [0.3, 0.4) is 0 Å². The topological polar surface area (TPSA) is 75.3 Å². The van der Waals surface area contributed by atoms with Crippen molar-refractivity contribution < 1.29 is 13.2 Å². The fourth-order valence-electron chi connectivity index (χ4n) is 2.22. The van der Waals surface area contributed by atoms with Gasteiger partial charge in [-0.05, 0) is 74.7 Å². The minimum absolute atomic E-state index is 0.141. The first-order valence-electron chi connectivity index (χ1n) is 8.24. The molecule has 2 aromatic rings. The summed E-state index contributed by atoms with van der Waals surface area (Å²) in [7, 11) is -3.57. The Labute approximate surface area is 149 Å². The summed E-state index contributed by atoms with van der Waals surface area (Å²) in [5, 5.41) is 2.82. The number of benzene rings is 2. The van der Waals surface area contributed by atoms with E-state index in [9.17, 15) is 13.2 Å². The molecule has 0 saturated carbocycles. The number of hydrogen-bond acceptors (Lipinski definition) is 3. The molecule has 1 amide bonds. The minimum Gasteiger partial charge on any atom is -0.322 e. The summed E-state index contributed by atoms with van der Waals surface area (Å²) in [4.78, 5) is 12.5. The summed E-state index contributed by atoms with van der Waals surface area (Å²) in [5.41, 5.74) is 3.36. The van der Waals surface area contributed by atoms with E-state index in [0.29, 0.717) is 17.7 Å². The lowest BCUT2D eigenvalue weighted by Gasteiger charge is -2.12. The Kier molecular flexibility index (Phi) is 5.98. The summed E-state index contributed by atoms with van der Waals surface area (Å²) in [6, 6.07) is 11.5. The van der Waals surface area contributed by atoms with Gasteiger partial charge >= 0.3 is 0 Å². The molecule has 1 atom stereocenters. The van der Waals surface area contributed by atoms with Crippen LogP contribution < -0.4 is 10.0 Å². The minimum atomic E-state index is -3.57. The molecule has 0 aliphatic rings. The molecule has 2 rings (SSSR count). The molecule has 0 unspecified atom stereocenters. The number of rotatable bonds is 6. The molecule has 25 heavy (non-hydrogen) atoms. The Morgan fingerprint density at radius 3 is 2.24 bits per heavy atom. The Balaban J connectivity index is 2.13. The number of sulfonamides is 1. The Bertz CT molecular complexity index is 859. The maximum absolute atomic E-state index is 12.3. The molecule has 0 spiro atoms. The number of amides is 1. The zero-order chi connectivity index (χ0) is 18.6. The van der Waals surface area contributed by atoms with Crippen LogP contribution in [0.15, 0.2) is 47.4 Å². The number of hydrogen-bond donors (Lipinski definition) is 2. The summed E-state index contributed by atoms with van der Waals surface area (Å²) in [5.74, 6) is -0.276. The van der Waals surface area contributed by atoms with Gasteiger partial charge in [-0.25, -0.2) is 13.1 Å². The van der Waals surface area contributed by atoms with Gasteiger partial charge in [0.1, 0.15) is 0 Å². The van der Waals surface area contributed by atoms with E-state index in [0.717, 1.165) is 11.1 Å². The highest BCUT2D eigenvalue weighted by Crippen LogP contribution is 2.16. The molecule has 2 N–H and O–H groups in total. The van der Waals surface area contributed by atoms with Crippen molar-refractivity contribution in [2.45, 2.75) is 45.1 Å². The van der Waals surface area contributed by atoms with E-state index in [1.165, 1.54) is 24.3 Å². The van der Waals surface area contributed by atoms with Crippen LogP contribution in [-0.2, 0) is 10.0 Å².